The number of pyridine rings is 1. The third-order valence-electron chi connectivity index (χ3n) is 3.66. The molecule has 2 N–H and O–H groups in total. The maximum absolute atomic E-state index is 6.00. The monoisotopic (exact) mass is 323 g/mol. The van der Waals surface area contributed by atoms with E-state index in [4.69, 9.17) is 5.73 Å². The third kappa shape index (κ3) is 2.60. The molecule has 2 aromatic heterocycles. The van der Waals surface area contributed by atoms with Crippen molar-refractivity contribution < 1.29 is 0 Å². The molecular formula is C13H18BrN5. The molecule has 102 valence electrons. The highest BCUT2D eigenvalue weighted by Gasteiger charge is 2.27. The Labute approximate surface area is 120 Å². The maximum atomic E-state index is 6.00. The Morgan fingerprint density at radius 2 is 2.32 bits per heavy atom. The van der Waals surface area contributed by atoms with Gasteiger partial charge in [0.15, 0.2) is 5.65 Å². The molecule has 0 aliphatic heterocycles. The highest BCUT2D eigenvalue weighted by Crippen LogP contribution is 2.26. The average Bonchev–Trinajstić information content (AvgIpc) is 3.16. The van der Waals surface area contributed by atoms with Crippen molar-refractivity contribution >= 4 is 33.0 Å². The fraction of sp³-hybridized carbons (Fsp3) is 0.538. The van der Waals surface area contributed by atoms with Gasteiger partial charge in [-0.1, -0.05) is 6.92 Å². The van der Waals surface area contributed by atoms with Gasteiger partial charge in [-0.3, -0.25) is 9.47 Å². The molecule has 0 aromatic carbocycles. The minimum absolute atomic E-state index is 0.549. The van der Waals surface area contributed by atoms with Gasteiger partial charge in [-0.25, -0.2) is 9.97 Å². The van der Waals surface area contributed by atoms with Crippen LogP contribution >= 0.6 is 15.9 Å². The first kappa shape index (κ1) is 12.9. The van der Waals surface area contributed by atoms with E-state index in [-0.39, 0.29) is 0 Å². The number of nitrogens with two attached hydrogens (primary N) is 1. The first-order valence-corrected chi connectivity index (χ1v) is 7.49. The summed E-state index contributed by atoms with van der Waals surface area (Å²) in [6.07, 6.45) is 4.46. The predicted octanol–water partition coefficient (Wildman–Crippen LogP) is 2.26. The zero-order valence-electron chi connectivity index (χ0n) is 11.0. The first-order chi connectivity index (χ1) is 9.19. The first-order valence-electron chi connectivity index (χ1n) is 6.70. The molecule has 19 heavy (non-hydrogen) atoms. The van der Waals surface area contributed by atoms with E-state index >= 15 is 0 Å². The van der Waals surface area contributed by atoms with Gasteiger partial charge in [0, 0.05) is 29.8 Å². The summed E-state index contributed by atoms with van der Waals surface area (Å²) in [7, 11) is 0. The number of aromatic nitrogens is 3. The second kappa shape index (κ2) is 5.09. The van der Waals surface area contributed by atoms with Crippen molar-refractivity contribution in [2.75, 3.05) is 18.8 Å². The van der Waals surface area contributed by atoms with Crippen LogP contribution in [0.3, 0.4) is 0 Å². The summed E-state index contributed by atoms with van der Waals surface area (Å²) in [5.74, 6) is 0.549. The molecule has 1 aliphatic rings. The molecular weight excluding hydrogens is 306 g/mol. The van der Waals surface area contributed by atoms with Gasteiger partial charge in [0.2, 0.25) is 5.95 Å². The number of hydrogen-bond acceptors (Lipinski definition) is 4. The summed E-state index contributed by atoms with van der Waals surface area (Å²) < 4.78 is 2.94. The lowest BCUT2D eigenvalue weighted by Crippen LogP contribution is -2.29. The van der Waals surface area contributed by atoms with E-state index in [0.29, 0.717) is 5.95 Å². The van der Waals surface area contributed by atoms with Crippen LogP contribution in [0.25, 0.3) is 11.2 Å². The Balaban J connectivity index is 1.81. The van der Waals surface area contributed by atoms with Crippen molar-refractivity contribution in [3.05, 3.63) is 16.7 Å². The van der Waals surface area contributed by atoms with Gasteiger partial charge < -0.3 is 5.73 Å². The van der Waals surface area contributed by atoms with Crippen LogP contribution in [0, 0.1) is 0 Å². The van der Waals surface area contributed by atoms with Crippen LogP contribution in [0.1, 0.15) is 19.8 Å². The highest BCUT2D eigenvalue weighted by molar-refractivity contribution is 9.10. The minimum atomic E-state index is 0.549. The quantitative estimate of drug-likeness (QED) is 0.916. The molecule has 1 aliphatic carbocycles. The normalized spacial score (nSPS) is 15.5. The van der Waals surface area contributed by atoms with Crippen molar-refractivity contribution in [3.8, 4) is 0 Å². The average molecular weight is 324 g/mol. The predicted molar refractivity (Wildman–Crippen MR) is 79.9 cm³/mol. The largest absolute Gasteiger partial charge is 0.369 e. The number of anilines is 1. The van der Waals surface area contributed by atoms with Gasteiger partial charge >= 0.3 is 0 Å². The zero-order valence-corrected chi connectivity index (χ0v) is 12.6. The standard InChI is InChI=1S/C13H18BrN5/c1-2-18(10-3-4-10)5-6-19-12-11(17-13(19)15)7-9(14)8-16-12/h7-8,10H,2-6H2,1H3,(H2,15,17). The number of rotatable bonds is 5. The summed E-state index contributed by atoms with van der Waals surface area (Å²) in [6, 6.07) is 2.73. The fourth-order valence-corrected chi connectivity index (χ4v) is 2.81. The molecule has 0 spiro atoms. The highest BCUT2D eigenvalue weighted by atomic mass is 79.9. The lowest BCUT2D eigenvalue weighted by atomic mass is 10.4. The fourth-order valence-electron chi connectivity index (χ4n) is 2.49. The summed E-state index contributed by atoms with van der Waals surface area (Å²) in [5.41, 5.74) is 7.72. The number of imidazole rings is 1. The Bertz CT molecular complexity index is 590. The van der Waals surface area contributed by atoms with E-state index in [1.165, 1.54) is 12.8 Å². The number of hydrogen-bond donors (Lipinski definition) is 1. The SMILES string of the molecule is CCN(CCn1c(N)nc2cc(Br)cnc21)C1CC1. The Morgan fingerprint density at radius 3 is 3.00 bits per heavy atom. The van der Waals surface area contributed by atoms with Crippen molar-refractivity contribution in [1.82, 2.24) is 19.4 Å². The summed E-state index contributed by atoms with van der Waals surface area (Å²) in [6.45, 7) is 5.16. The Kier molecular flexibility index (Phi) is 3.45. The van der Waals surface area contributed by atoms with Crippen molar-refractivity contribution in [2.24, 2.45) is 0 Å². The lowest BCUT2D eigenvalue weighted by Gasteiger charge is -2.20. The molecule has 0 saturated heterocycles. The topological polar surface area (TPSA) is 60.0 Å². The summed E-state index contributed by atoms with van der Waals surface area (Å²) in [5, 5.41) is 0. The van der Waals surface area contributed by atoms with Crippen molar-refractivity contribution in [2.45, 2.75) is 32.4 Å². The minimum Gasteiger partial charge on any atom is -0.369 e. The molecule has 0 unspecified atom stereocenters. The van der Waals surface area contributed by atoms with E-state index < -0.39 is 0 Å². The van der Waals surface area contributed by atoms with Crippen LogP contribution in [-0.4, -0.2) is 38.6 Å². The van der Waals surface area contributed by atoms with E-state index in [0.717, 1.165) is 41.3 Å². The smallest absolute Gasteiger partial charge is 0.202 e. The van der Waals surface area contributed by atoms with Crippen LogP contribution in [-0.2, 0) is 6.54 Å². The van der Waals surface area contributed by atoms with Gasteiger partial charge in [0.25, 0.3) is 0 Å². The van der Waals surface area contributed by atoms with Gasteiger partial charge in [-0.05, 0) is 41.4 Å². The summed E-state index contributed by atoms with van der Waals surface area (Å²) in [4.78, 5) is 11.3. The van der Waals surface area contributed by atoms with E-state index in [2.05, 4.69) is 37.7 Å². The number of nitrogens with zero attached hydrogens (tertiary/aromatic N) is 4. The molecule has 1 fully saturated rings. The molecule has 0 amide bonds. The molecule has 0 atom stereocenters. The van der Waals surface area contributed by atoms with Crippen LogP contribution < -0.4 is 5.73 Å². The van der Waals surface area contributed by atoms with Crippen molar-refractivity contribution in [3.63, 3.8) is 0 Å². The van der Waals surface area contributed by atoms with Crippen LogP contribution in [0.15, 0.2) is 16.7 Å². The molecule has 2 aromatic rings. The van der Waals surface area contributed by atoms with Gasteiger partial charge in [-0.2, -0.15) is 0 Å². The Hall–Kier alpha value is -1.14. The van der Waals surface area contributed by atoms with Crippen LogP contribution in [0.5, 0.6) is 0 Å². The van der Waals surface area contributed by atoms with Crippen molar-refractivity contribution in [1.29, 1.82) is 0 Å². The van der Waals surface area contributed by atoms with E-state index in [1.54, 1.807) is 6.20 Å². The van der Waals surface area contributed by atoms with Crippen LogP contribution in [0.4, 0.5) is 5.95 Å². The molecule has 6 heteroatoms. The van der Waals surface area contributed by atoms with E-state index in [9.17, 15) is 0 Å². The zero-order chi connectivity index (χ0) is 13.4. The van der Waals surface area contributed by atoms with Crippen LogP contribution in [0.2, 0.25) is 0 Å². The lowest BCUT2D eigenvalue weighted by molar-refractivity contribution is 0.267. The molecule has 0 bridgehead atoms. The number of fused-ring (bicyclic) bond motifs is 1. The molecule has 2 heterocycles. The molecule has 1 saturated carbocycles. The number of halogens is 1. The number of nitrogen functional groups attached to an aromatic ring is 1. The van der Waals surface area contributed by atoms with E-state index in [1.807, 2.05) is 10.6 Å². The number of likely N-dealkylation sites (N-methyl/N-ethyl adjacent to an activating group) is 1. The Morgan fingerprint density at radius 1 is 1.53 bits per heavy atom. The molecule has 5 nitrogen and oxygen atoms in total. The van der Waals surface area contributed by atoms with Gasteiger partial charge in [0.05, 0.1) is 0 Å². The molecule has 3 rings (SSSR count). The van der Waals surface area contributed by atoms with Gasteiger partial charge in [-0.15, -0.1) is 0 Å². The maximum Gasteiger partial charge on any atom is 0.202 e. The molecule has 0 radical (unpaired) electrons. The summed E-state index contributed by atoms with van der Waals surface area (Å²) >= 11 is 3.41. The second-order valence-electron chi connectivity index (χ2n) is 4.98. The second-order valence-corrected chi connectivity index (χ2v) is 5.89. The third-order valence-corrected chi connectivity index (χ3v) is 4.10. The van der Waals surface area contributed by atoms with Gasteiger partial charge in [0.1, 0.15) is 5.52 Å².